The van der Waals surface area contributed by atoms with Crippen LogP contribution < -0.4 is 10.6 Å². The molecule has 1 saturated carbocycles. The Bertz CT molecular complexity index is 439. The molecule has 0 spiro atoms. The molecule has 1 aliphatic heterocycles. The van der Waals surface area contributed by atoms with Crippen LogP contribution in [0.1, 0.15) is 51.0 Å². The van der Waals surface area contributed by atoms with E-state index in [4.69, 9.17) is 0 Å². The van der Waals surface area contributed by atoms with Gasteiger partial charge in [0, 0.05) is 18.8 Å². The maximum absolute atomic E-state index is 12.2. The smallest absolute Gasteiger partial charge is 0.220 e. The van der Waals surface area contributed by atoms with Gasteiger partial charge in [0.25, 0.3) is 0 Å². The molecule has 1 aromatic rings. The van der Waals surface area contributed by atoms with Crippen LogP contribution in [-0.2, 0) is 4.79 Å². The molecule has 1 aliphatic carbocycles. The molecule has 3 atom stereocenters. The fourth-order valence-electron chi connectivity index (χ4n) is 3.65. The highest BCUT2D eigenvalue weighted by Gasteiger charge is 2.28. The van der Waals surface area contributed by atoms with Gasteiger partial charge in [-0.15, -0.1) is 0 Å². The van der Waals surface area contributed by atoms with E-state index in [2.05, 4.69) is 15.7 Å². The van der Waals surface area contributed by atoms with Crippen molar-refractivity contribution in [3.8, 4) is 0 Å². The van der Waals surface area contributed by atoms with E-state index >= 15 is 0 Å². The zero-order valence-corrected chi connectivity index (χ0v) is 12.6. The Morgan fingerprint density at radius 1 is 1.33 bits per heavy atom. The fraction of sp³-hybridized carbons (Fsp3) is 0.750. The molecule has 2 N–H and O–H groups in total. The molecule has 21 heavy (non-hydrogen) atoms. The lowest BCUT2D eigenvalue weighted by Gasteiger charge is -2.32. The van der Waals surface area contributed by atoms with Crippen LogP contribution in [-0.4, -0.2) is 34.8 Å². The van der Waals surface area contributed by atoms with Gasteiger partial charge in [-0.1, -0.05) is 12.8 Å². The largest absolute Gasteiger partial charge is 0.351 e. The predicted molar refractivity (Wildman–Crippen MR) is 81.9 cm³/mol. The number of rotatable bonds is 5. The maximum Gasteiger partial charge on any atom is 0.220 e. The SMILES string of the molecule is O=C(CCC1CCNC1)NC1CCCCC1n1cccn1. The van der Waals surface area contributed by atoms with E-state index in [0.29, 0.717) is 18.4 Å². The van der Waals surface area contributed by atoms with Gasteiger partial charge in [0.1, 0.15) is 0 Å². The van der Waals surface area contributed by atoms with Gasteiger partial charge < -0.3 is 10.6 Å². The summed E-state index contributed by atoms with van der Waals surface area (Å²) < 4.78 is 2.02. The van der Waals surface area contributed by atoms with E-state index in [1.807, 2.05) is 23.1 Å². The van der Waals surface area contributed by atoms with Crippen molar-refractivity contribution in [2.45, 2.75) is 57.0 Å². The molecule has 5 heteroatoms. The molecular formula is C16H26N4O. The molecule has 0 aromatic carbocycles. The third-order valence-corrected chi connectivity index (χ3v) is 4.88. The van der Waals surface area contributed by atoms with Crippen LogP contribution in [0.3, 0.4) is 0 Å². The van der Waals surface area contributed by atoms with Crippen LogP contribution in [0.4, 0.5) is 0 Å². The van der Waals surface area contributed by atoms with Crippen LogP contribution in [0, 0.1) is 5.92 Å². The Hall–Kier alpha value is -1.36. The maximum atomic E-state index is 12.2. The second kappa shape index (κ2) is 7.07. The summed E-state index contributed by atoms with van der Waals surface area (Å²) in [5.74, 6) is 0.898. The average molecular weight is 290 g/mol. The molecule has 2 heterocycles. The lowest BCUT2D eigenvalue weighted by Crippen LogP contribution is -2.43. The molecule has 1 aromatic heterocycles. The first-order valence-electron chi connectivity index (χ1n) is 8.32. The van der Waals surface area contributed by atoms with Crippen LogP contribution in [0.25, 0.3) is 0 Å². The average Bonchev–Trinajstić information content (AvgIpc) is 3.19. The molecular weight excluding hydrogens is 264 g/mol. The normalized spacial score (nSPS) is 29.4. The minimum atomic E-state index is 0.214. The number of carbonyl (C=O) groups is 1. The molecule has 1 saturated heterocycles. The van der Waals surface area contributed by atoms with E-state index in [0.717, 1.165) is 32.4 Å². The number of nitrogens with zero attached hydrogens (tertiary/aromatic N) is 2. The summed E-state index contributed by atoms with van der Waals surface area (Å²) in [6, 6.07) is 2.53. The Morgan fingerprint density at radius 2 is 2.24 bits per heavy atom. The summed E-state index contributed by atoms with van der Waals surface area (Å²) in [5.41, 5.74) is 0. The van der Waals surface area contributed by atoms with Crippen molar-refractivity contribution in [1.29, 1.82) is 0 Å². The van der Waals surface area contributed by atoms with Crippen LogP contribution in [0.15, 0.2) is 18.5 Å². The highest BCUT2D eigenvalue weighted by atomic mass is 16.1. The summed E-state index contributed by atoms with van der Waals surface area (Å²) >= 11 is 0. The van der Waals surface area contributed by atoms with Crippen molar-refractivity contribution >= 4 is 5.91 Å². The van der Waals surface area contributed by atoms with Crippen molar-refractivity contribution in [2.75, 3.05) is 13.1 Å². The molecule has 0 radical (unpaired) electrons. The topological polar surface area (TPSA) is 59.0 Å². The van der Waals surface area contributed by atoms with Gasteiger partial charge in [-0.2, -0.15) is 5.10 Å². The van der Waals surface area contributed by atoms with Gasteiger partial charge >= 0.3 is 0 Å². The molecule has 2 aliphatic rings. The number of hydrogen-bond donors (Lipinski definition) is 2. The standard InChI is InChI=1S/C16H26N4O/c21-16(7-6-13-8-10-17-12-13)19-14-4-1-2-5-15(14)20-11-3-9-18-20/h3,9,11,13-15,17H,1-2,4-8,10,12H2,(H,19,21). The Kier molecular flexibility index (Phi) is 4.91. The van der Waals surface area contributed by atoms with E-state index in [-0.39, 0.29) is 11.9 Å². The monoisotopic (exact) mass is 290 g/mol. The third-order valence-electron chi connectivity index (χ3n) is 4.88. The Balaban J connectivity index is 1.50. The minimum Gasteiger partial charge on any atom is -0.351 e. The Labute approximate surface area is 126 Å². The van der Waals surface area contributed by atoms with Crippen LogP contribution >= 0.6 is 0 Å². The molecule has 116 valence electrons. The highest BCUT2D eigenvalue weighted by molar-refractivity contribution is 5.76. The summed E-state index contributed by atoms with van der Waals surface area (Å²) in [6.45, 7) is 2.18. The quantitative estimate of drug-likeness (QED) is 0.870. The van der Waals surface area contributed by atoms with Crippen molar-refractivity contribution in [2.24, 2.45) is 5.92 Å². The van der Waals surface area contributed by atoms with Crippen molar-refractivity contribution in [3.05, 3.63) is 18.5 Å². The number of amides is 1. The first-order chi connectivity index (χ1) is 10.3. The summed E-state index contributed by atoms with van der Waals surface area (Å²) in [4.78, 5) is 12.2. The summed E-state index contributed by atoms with van der Waals surface area (Å²) in [7, 11) is 0. The molecule has 1 amide bonds. The first kappa shape index (κ1) is 14.6. The van der Waals surface area contributed by atoms with E-state index in [1.54, 1.807) is 0 Å². The van der Waals surface area contributed by atoms with Gasteiger partial charge in [-0.3, -0.25) is 9.48 Å². The van der Waals surface area contributed by atoms with Crippen molar-refractivity contribution in [3.63, 3.8) is 0 Å². The number of aromatic nitrogens is 2. The summed E-state index contributed by atoms with van der Waals surface area (Å²) in [6.07, 6.45) is 11.3. The molecule has 3 rings (SSSR count). The van der Waals surface area contributed by atoms with Crippen molar-refractivity contribution in [1.82, 2.24) is 20.4 Å². The third kappa shape index (κ3) is 3.84. The van der Waals surface area contributed by atoms with E-state index in [9.17, 15) is 4.79 Å². The van der Waals surface area contributed by atoms with Gasteiger partial charge in [0.15, 0.2) is 0 Å². The fourth-order valence-corrected chi connectivity index (χ4v) is 3.65. The molecule has 0 bridgehead atoms. The van der Waals surface area contributed by atoms with Gasteiger partial charge in [-0.25, -0.2) is 0 Å². The first-order valence-corrected chi connectivity index (χ1v) is 8.32. The molecule has 2 fully saturated rings. The second-order valence-electron chi connectivity index (χ2n) is 6.41. The van der Waals surface area contributed by atoms with Gasteiger partial charge in [0.2, 0.25) is 5.91 Å². The predicted octanol–water partition coefficient (Wildman–Crippen LogP) is 1.87. The number of hydrogen-bond acceptors (Lipinski definition) is 3. The van der Waals surface area contributed by atoms with Gasteiger partial charge in [0.05, 0.1) is 12.1 Å². The lowest BCUT2D eigenvalue weighted by atomic mass is 9.90. The highest BCUT2D eigenvalue weighted by Crippen LogP contribution is 2.28. The van der Waals surface area contributed by atoms with Crippen LogP contribution in [0.2, 0.25) is 0 Å². The summed E-state index contributed by atoms with van der Waals surface area (Å²) in [5, 5.41) is 11.0. The molecule has 5 nitrogen and oxygen atoms in total. The van der Waals surface area contributed by atoms with Crippen LogP contribution in [0.5, 0.6) is 0 Å². The Morgan fingerprint density at radius 3 is 3.00 bits per heavy atom. The van der Waals surface area contributed by atoms with Crippen molar-refractivity contribution < 1.29 is 4.79 Å². The number of carbonyl (C=O) groups excluding carboxylic acids is 1. The van der Waals surface area contributed by atoms with E-state index in [1.165, 1.54) is 19.3 Å². The zero-order valence-electron chi connectivity index (χ0n) is 12.6. The second-order valence-corrected chi connectivity index (χ2v) is 6.41. The minimum absolute atomic E-state index is 0.214. The zero-order chi connectivity index (χ0) is 14.5. The lowest BCUT2D eigenvalue weighted by molar-refractivity contribution is -0.122. The van der Waals surface area contributed by atoms with Gasteiger partial charge in [-0.05, 0) is 50.8 Å². The molecule has 3 unspecified atom stereocenters. The van der Waals surface area contributed by atoms with E-state index < -0.39 is 0 Å². The number of nitrogens with one attached hydrogen (secondary N) is 2.